The largest absolute Gasteiger partial charge is 0.337 e. The maximum absolute atomic E-state index is 12.7. The molecule has 0 saturated carbocycles. The highest BCUT2D eigenvalue weighted by molar-refractivity contribution is 5.94. The molecule has 25 heavy (non-hydrogen) atoms. The summed E-state index contributed by atoms with van der Waals surface area (Å²) in [5.41, 5.74) is 3.80. The van der Waals surface area contributed by atoms with Crippen molar-refractivity contribution in [3.8, 4) is 5.69 Å². The van der Waals surface area contributed by atoms with Gasteiger partial charge in [0.05, 0.1) is 5.69 Å². The summed E-state index contributed by atoms with van der Waals surface area (Å²) in [5.74, 6) is -0.0626. The first-order chi connectivity index (χ1) is 12.2. The van der Waals surface area contributed by atoms with Gasteiger partial charge in [0, 0.05) is 31.5 Å². The zero-order valence-corrected chi connectivity index (χ0v) is 13.5. The Labute approximate surface area is 143 Å². The summed E-state index contributed by atoms with van der Waals surface area (Å²) in [5, 5.41) is 11.8. The molecule has 4 rings (SSSR count). The van der Waals surface area contributed by atoms with Gasteiger partial charge >= 0.3 is 0 Å². The molecule has 0 saturated heterocycles. The van der Waals surface area contributed by atoms with Crippen LogP contribution in [0.5, 0.6) is 0 Å². The van der Waals surface area contributed by atoms with Crippen molar-refractivity contribution in [1.82, 2.24) is 25.0 Å². The molecule has 0 spiro atoms. The minimum Gasteiger partial charge on any atom is -0.337 e. The highest BCUT2D eigenvalue weighted by Gasteiger charge is 2.14. The zero-order chi connectivity index (χ0) is 17.2. The van der Waals surface area contributed by atoms with Crippen molar-refractivity contribution in [3.05, 3.63) is 72.1 Å². The minimum absolute atomic E-state index is 0.0626. The van der Waals surface area contributed by atoms with Crippen LogP contribution in [0.25, 0.3) is 16.7 Å². The van der Waals surface area contributed by atoms with Crippen LogP contribution < -0.4 is 0 Å². The lowest BCUT2D eigenvalue weighted by Crippen LogP contribution is -2.26. The van der Waals surface area contributed by atoms with Gasteiger partial charge in [-0.25, -0.2) is 9.31 Å². The maximum atomic E-state index is 12.7. The maximum Gasteiger partial charge on any atom is 0.253 e. The fraction of sp³-hybridized carbons (Fsp3) is 0.111. The standard InChI is InChI=1S/C18H15N5O2/c1-22(12-13-6-7-16-17(10-13)21-25-20-16)18(24)14-4-2-5-15(11-14)23-9-3-8-19-23/h2-11H,12H2,1H3. The Balaban J connectivity index is 1.54. The van der Waals surface area contributed by atoms with Gasteiger partial charge in [0.25, 0.3) is 5.91 Å². The molecule has 0 radical (unpaired) electrons. The van der Waals surface area contributed by atoms with Crippen LogP contribution in [-0.4, -0.2) is 37.9 Å². The van der Waals surface area contributed by atoms with Gasteiger partial charge in [-0.05, 0) is 52.3 Å². The molecule has 0 atom stereocenters. The number of fused-ring (bicyclic) bond motifs is 1. The summed E-state index contributed by atoms with van der Waals surface area (Å²) in [4.78, 5) is 14.4. The topological polar surface area (TPSA) is 77.0 Å². The molecule has 0 aliphatic rings. The van der Waals surface area contributed by atoms with Crippen LogP contribution in [0.4, 0.5) is 0 Å². The van der Waals surface area contributed by atoms with Gasteiger partial charge in [-0.3, -0.25) is 4.79 Å². The lowest BCUT2D eigenvalue weighted by atomic mass is 10.1. The van der Waals surface area contributed by atoms with Crippen molar-refractivity contribution >= 4 is 16.9 Å². The Hall–Kier alpha value is -3.48. The summed E-state index contributed by atoms with van der Waals surface area (Å²) in [6, 6.07) is 14.9. The van der Waals surface area contributed by atoms with Crippen molar-refractivity contribution in [2.24, 2.45) is 0 Å². The Morgan fingerprint density at radius 1 is 1.12 bits per heavy atom. The molecule has 0 unspecified atom stereocenters. The summed E-state index contributed by atoms with van der Waals surface area (Å²) in [6.45, 7) is 0.466. The molecule has 2 aromatic heterocycles. The summed E-state index contributed by atoms with van der Waals surface area (Å²) in [6.07, 6.45) is 3.55. The Morgan fingerprint density at radius 2 is 2.00 bits per heavy atom. The lowest BCUT2D eigenvalue weighted by molar-refractivity contribution is 0.0785. The van der Waals surface area contributed by atoms with Crippen LogP contribution in [0.15, 0.2) is 65.6 Å². The molecule has 7 nitrogen and oxygen atoms in total. The van der Waals surface area contributed by atoms with E-state index in [1.807, 2.05) is 48.7 Å². The van der Waals surface area contributed by atoms with Gasteiger partial charge in [0.2, 0.25) is 0 Å². The van der Waals surface area contributed by atoms with Crippen LogP contribution >= 0.6 is 0 Å². The first kappa shape index (κ1) is 15.1. The molecule has 2 aromatic carbocycles. The van der Waals surface area contributed by atoms with Crippen molar-refractivity contribution in [2.45, 2.75) is 6.54 Å². The molecule has 7 heteroatoms. The van der Waals surface area contributed by atoms with E-state index in [2.05, 4.69) is 15.4 Å². The smallest absolute Gasteiger partial charge is 0.253 e. The molecule has 0 aliphatic heterocycles. The molecule has 0 N–H and O–H groups in total. The average molecular weight is 333 g/mol. The Kier molecular flexibility index (Phi) is 3.74. The third-order valence-corrected chi connectivity index (χ3v) is 3.95. The van der Waals surface area contributed by atoms with Gasteiger partial charge in [-0.15, -0.1) is 0 Å². The molecule has 2 heterocycles. The molecule has 1 amide bonds. The second-order valence-electron chi connectivity index (χ2n) is 5.75. The molecule has 124 valence electrons. The normalized spacial score (nSPS) is 10.9. The van der Waals surface area contributed by atoms with Gasteiger partial charge in [0.1, 0.15) is 11.0 Å². The average Bonchev–Trinajstić information content (AvgIpc) is 3.32. The van der Waals surface area contributed by atoms with Gasteiger partial charge in [0.15, 0.2) is 0 Å². The third-order valence-electron chi connectivity index (χ3n) is 3.95. The first-order valence-electron chi connectivity index (χ1n) is 7.77. The van der Waals surface area contributed by atoms with E-state index in [4.69, 9.17) is 4.63 Å². The predicted molar refractivity (Wildman–Crippen MR) is 91.2 cm³/mol. The van der Waals surface area contributed by atoms with Crippen molar-refractivity contribution in [3.63, 3.8) is 0 Å². The van der Waals surface area contributed by atoms with Crippen molar-refractivity contribution in [2.75, 3.05) is 7.05 Å². The summed E-state index contributed by atoms with van der Waals surface area (Å²) in [7, 11) is 1.77. The van der Waals surface area contributed by atoms with E-state index in [-0.39, 0.29) is 5.91 Å². The minimum atomic E-state index is -0.0626. The number of benzene rings is 2. The quantitative estimate of drug-likeness (QED) is 0.574. The van der Waals surface area contributed by atoms with Crippen molar-refractivity contribution in [1.29, 1.82) is 0 Å². The number of aromatic nitrogens is 4. The molecule has 4 aromatic rings. The van der Waals surface area contributed by atoms with Crippen LogP contribution in [0.2, 0.25) is 0 Å². The zero-order valence-electron chi connectivity index (χ0n) is 13.5. The molecule has 0 bridgehead atoms. The van der Waals surface area contributed by atoms with E-state index < -0.39 is 0 Å². The Bertz CT molecular complexity index is 1020. The molecule has 0 aliphatic carbocycles. The molecular formula is C18H15N5O2. The summed E-state index contributed by atoms with van der Waals surface area (Å²) < 4.78 is 6.43. The van der Waals surface area contributed by atoms with Crippen LogP contribution in [0.3, 0.4) is 0 Å². The van der Waals surface area contributed by atoms with E-state index in [1.165, 1.54) is 0 Å². The molecular weight excluding hydrogens is 318 g/mol. The second kappa shape index (κ2) is 6.20. The summed E-state index contributed by atoms with van der Waals surface area (Å²) >= 11 is 0. The third kappa shape index (κ3) is 2.99. The SMILES string of the molecule is CN(Cc1ccc2nonc2c1)C(=O)c1cccc(-n2cccn2)c1. The monoisotopic (exact) mass is 333 g/mol. The van der Waals surface area contributed by atoms with E-state index in [0.717, 1.165) is 11.3 Å². The van der Waals surface area contributed by atoms with Gasteiger partial charge < -0.3 is 4.90 Å². The number of hydrogen-bond acceptors (Lipinski definition) is 5. The van der Waals surface area contributed by atoms with Gasteiger partial charge in [-0.2, -0.15) is 5.10 Å². The van der Waals surface area contributed by atoms with E-state index in [1.54, 1.807) is 28.9 Å². The van der Waals surface area contributed by atoms with E-state index in [0.29, 0.717) is 23.1 Å². The number of hydrogen-bond donors (Lipinski definition) is 0. The van der Waals surface area contributed by atoms with Crippen LogP contribution in [0, 0.1) is 0 Å². The van der Waals surface area contributed by atoms with Crippen molar-refractivity contribution < 1.29 is 9.42 Å². The number of nitrogens with zero attached hydrogens (tertiary/aromatic N) is 5. The molecule has 0 fully saturated rings. The highest BCUT2D eigenvalue weighted by atomic mass is 16.6. The van der Waals surface area contributed by atoms with E-state index >= 15 is 0 Å². The first-order valence-corrected chi connectivity index (χ1v) is 7.77. The van der Waals surface area contributed by atoms with E-state index in [9.17, 15) is 4.79 Å². The lowest BCUT2D eigenvalue weighted by Gasteiger charge is -2.17. The number of carbonyl (C=O) groups is 1. The second-order valence-corrected chi connectivity index (χ2v) is 5.75. The fourth-order valence-electron chi connectivity index (χ4n) is 2.70. The fourth-order valence-corrected chi connectivity index (χ4v) is 2.70. The highest BCUT2D eigenvalue weighted by Crippen LogP contribution is 2.15. The number of carbonyl (C=O) groups excluding carboxylic acids is 1. The van der Waals surface area contributed by atoms with Crippen LogP contribution in [0.1, 0.15) is 15.9 Å². The predicted octanol–water partition coefficient (Wildman–Crippen LogP) is 2.68. The number of amides is 1. The Morgan fingerprint density at radius 3 is 2.84 bits per heavy atom. The number of rotatable bonds is 4. The van der Waals surface area contributed by atoms with Gasteiger partial charge in [-0.1, -0.05) is 12.1 Å². The van der Waals surface area contributed by atoms with Crippen LogP contribution in [-0.2, 0) is 6.54 Å².